The van der Waals surface area contributed by atoms with Crippen molar-refractivity contribution < 1.29 is 14.3 Å². The highest BCUT2D eigenvalue weighted by Gasteiger charge is 2.31. The monoisotopic (exact) mass is 343 g/mol. The maximum atomic E-state index is 13.0. The average Bonchev–Trinajstić information content (AvgIpc) is 3.24. The van der Waals surface area contributed by atoms with Gasteiger partial charge in [0, 0.05) is 18.2 Å². The standard InChI is InChI=1S/C19H18ClNO3/c20-16-10-14(11-17-18(16)24-12-23-17)19(22)21-8-4-7-15(21)9-13-5-2-1-3-6-13/h1-3,5-6,10-11,15H,4,7-9,12H2. The van der Waals surface area contributed by atoms with Gasteiger partial charge in [0.1, 0.15) is 0 Å². The van der Waals surface area contributed by atoms with Crippen molar-refractivity contribution in [1.29, 1.82) is 0 Å². The molecule has 0 bridgehead atoms. The Kier molecular flexibility index (Phi) is 4.07. The van der Waals surface area contributed by atoms with Gasteiger partial charge >= 0.3 is 0 Å². The first-order valence-corrected chi connectivity index (χ1v) is 8.54. The summed E-state index contributed by atoms with van der Waals surface area (Å²) in [7, 11) is 0. The highest BCUT2D eigenvalue weighted by atomic mass is 35.5. The van der Waals surface area contributed by atoms with E-state index in [0.717, 1.165) is 25.8 Å². The number of halogens is 1. The Labute approximate surface area is 145 Å². The van der Waals surface area contributed by atoms with Crippen molar-refractivity contribution in [3.8, 4) is 11.5 Å². The summed E-state index contributed by atoms with van der Waals surface area (Å²) in [5.41, 5.74) is 1.81. The fourth-order valence-corrected chi connectivity index (χ4v) is 3.72. The van der Waals surface area contributed by atoms with Gasteiger partial charge in [-0.15, -0.1) is 0 Å². The van der Waals surface area contributed by atoms with E-state index in [1.807, 2.05) is 23.1 Å². The Balaban J connectivity index is 1.56. The van der Waals surface area contributed by atoms with Gasteiger partial charge in [0.25, 0.3) is 5.91 Å². The summed E-state index contributed by atoms with van der Waals surface area (Å²) in [5, 5.41) is 0.423. The molecule has 124 valence electrons. The molecule has 2 aliphatic heterocycles. The summed E-state index contributed by atoms with van der Waals surface area (Å²) in [6.07, 6.45) is 2.94. The van der Waals surface area contributed by atoms with Crippen LogP contribution < -0.4 is 9.47 Å². The van der Waals surface area contributed by atoms with E-state index in [9.17, 15) is 4.79 Å². The molecule has 4 nitrogen and oxygen atoms in total. The summed E-state index contributed by atoms with van der Waals surface area (Å²) in [5.74, 6) is 1.08. The zero-order chi connectivity index (χ0) is 16.5. The zero-order valence-electron chi connectivity index (χ0n) is 13.2. The van der Waals surface area contributed by atoms with Crippen LogP contribution in [-0.4, -0.2) is 30.2 Å². The van der Waals surface area contributed by atoms with E-state index in [0.29, 0.717) is 22.1 Å². The van der Waals surface area contributed by atoms with E-state index in [4.69, 9.17) is 21.1 Å². The Morgan fingerprint density at radius 2 is 2.04 bits per heavy atom. The molecule has 0 spiro atoms. The summed E-state index contributed by atoms with van der Waals surface area (Å²) in [6, 6.07) is 13.9. The molecule has 0 aromatic heterocycles. The van der Waals surface area contributed by atoms with Gasteiger partial charge < -0.3 is 14.4 Å². The molecular weight excluding hydrogens is 326 g/mol. The molecule has 0 aliphatic carbocycles. The molecule has 0 saturated carbocycles. The number of likely N-dealkylation sites (tertiary alicyclic amines) is 1. The number of amides is 1. The lowest BCUT2D eigenvalue weighted by atomic mass is 10.0. The number of fused-ring (bicyclic) bond motifs is 1. The Hall–Kier alpha value is -2.20. The smallest absolute Gasteiger partial charge is 0.254 e. The molecule has 5 heteroatoms. The summed E-state index contributed by atoms with van der Waals surface area (Å²) in [6.45, 7) is 0.926. The zero-order valence-corrected chi connectivity index (χ0v) is 14.0. The minimum Gasteiger partial charge on any atom is -0.454 e. The number of rotatable bonds is 3. The summed E-state index contributed by atoms with van der Waals surface area (Å²) in [4.78, 5) is 14.9. The van der Waals surface area contributed by atoms with Crippen LogP contribution in [0.25, 0.3) is 0 Å². The van der Waals surface area contributed by atoms with E-state index < -0.39 is 0 Å². The molecule has 2 aromatic carbocycles. The fraction of sp³-hybridized carbons (Fsp3) is 0.316. The van der Waals surface area contributed by atoms with Crippen LogP contribution in [-0.2, 0) is 6.42 Å². The maximum absolute atomic E-state index is 13.0. The largest absolute Gasteiger partial charge is 0.454 e. The van der Waals surface area contributed by atoms with E-state index in [1.165, 1.54) is 5.56 Å². The second-order valence-electron chi connectivity index (χ2n) is 6.18. The third-order valence-corrected chi connectivity index (χ3v) is 4.91. The lowest BCUT2D eigenvalue weighted by Crippen LogP contribution is -2.36. The Morgan fingerprint density at radius 1 is 1.21 bits per heavy atom. The van der Waals surface area contributed by atoms with Gasteiger partial charge in [-0.3, -0.25) is 4.79 Å². The SMILES string of the molecule is O=C(c1cc(Cl)c2c(c1)OCO2)N1CCCC1Cc1ccccc1. The van der Waals surface area contributed by atoms with Gasteiger partial charge in [0.05, 0.1) is 5.02 Å². The van der Waals surface area contributed by atoms with Gasteiger partial charge in [0.2, 0.25) is 6.79 Å². The van der Waals surface area contributed by atoms with Gasteiger partial charge in [-0.25, -0.2) is 0 Å². The topological polar surface area (TPSA) is 38.8 Å². The molecule has 0 radical (unpaired) electrons. The predicted octanol–water partition coefficient (Wildman–Crippen LogP) is 3.92. The van der Waals surface area contributed by atoms with Crippen LogP contribution >= 0.6 is 11.6 Å². The first-order chi connectivity index (χ1) is 11.7. The van der Waals surface area contributed by atoms with Gasteiger partial charge in [-0.05, 0) is 37.0 Å². The van der Waals surface area contributed by atoms with Crippen molar-refractivity contribution in [2.24, 2.45) is 0 Å². The van der Waals surface area contributed by atoms with E-state index >= 15 is 0 Å². The van der Waals surface area contributed by atoms with Crippen molar-refractivity contribution in [3.63, 3.8) is 0 Å². The molecule has 2 heterocycles. The molecule has 2 aromatic rings. The number of nitrogens with zero attached hydrogens (tertiary/aromatic N) is 1. The van der Waals surface area contributed by atoms with Crippen LogP contribution in [0.4, 0.5) is 0 Å². The van der Waals surface area contributed by atoms with Gasteiger partial charge in [-0.1, -0.05) is 41.9 Å². The number of hydrogen-bond acceptors (Lipinski definition) is 3. The van der Waals surface area contributed by atoms with Crippen molar-refractivity contribution in [3.05, 3.63) is 58.6 Å². The van der Waals surface area contributed by atoms with Crippen LogP contribution in [0.3, 0.4) is 0 Å². The van der Waals surface area contributed by atoms with Crippen molar-refractivity contribution in [2.75, 3.05) is 13.3 Å². The van der Waals surface area contributed by atoms with Crippen LogP contribution in [0.2, 0.25) is 5.02 Å². The molecule has 1 saturated heterocycles. The Bertz CT molecular complexity index is 763. The molecule has 1 unspecified atom stereocenters. The average molecular weight is 344 g/mol. The maximum Gasteiger partial charge on any atom is 0.254 e. The molecule has 1 fully saturated rings. The fourth-order valence-electron chi connectivity index (χ4n) is 3.46. The van der Waals surface area contributed by atoms with Gasteiger partial charge in [0.15, 0.2) is 11.5 Å². The molecule has 4 rings (SSSR count). The summed E-state index contributed by atoms with van der Waals surface area (Å²) >= 11 is 6.22. The van der Waals surface area contributed by atoms with Crippen LogP contribution in [0.1, 0.15) is 28.8 Å². The third-order valence-electron chi connectivity index (χ3n) is 4.63. The quantitative estimate of drug-likeness (QED) is 0.848. The molecular formula is C19H18ClNO3. The minimum absolute atomic E-state index is 0.00799. The number of hydrogen-bond donors (Lipinski definition) is 0. The summed E-state index contributed by atoms with van der Waals surface area (Å²) < 4.78 is 10.7. The number of carbonyl (C=O) groups excluding carboxylic acids is 1. The van der Waals surface area contributed by atoms with E-state index in [2.05, 4.69) is 12.1 Å². The van der Waals surface area contributed by atoms with Crippen LogP contribution in [0.15, 0.2) is 42.5 Å². The molecule has 24 heavy (non-hydrogen) atoms. The minimum atomic E-state index is 0.00799. The van der Waals surface area contributed by atoms with Crippen molar-refractivity contribution >= 4 is 17.5 Å². The van der Waals surface area contributed by atoms with E-state index in [-0.39, 0.29) is 18.7 Å². The molecule has 0 N–H and O–H groups in total. The lowest BCUT2D eigenvalue weighted by molar-refractivity contribution is 0.0736. The highest BCUT2D eigenvalue weighted by molar-refractivity contribution is 6.32. The second kappa shape index (κ2) is 6.36. The molecule has 2 aliphatic rings. The van der Waals surface area contributed by atoms with Crippen molar-refractivity contribution in [1.82, 2.24) is 4.90 Å². The Morgan fingerprint density at radius 3 is 2.88 bits per heavy atom. The number of ether oxygens (including phenoxy) is 2. The first kappa shape index (κ1) is 15.3. The second-order valence-corrected chi connectivity index (χ2v) is 6.58. The normalized spacial score (nSPS) is 18.9. The van der Waals surface area contributed by atoms with E-state index in [1.54, 1.807) is 12.1 Å². The number of carbonyl (C=O) groups is 1. The third kappa shape index (κ3) is 2.82. The first-order valence-electron chi connectivity index (χ1n) is 8.16. The predicted molar refractivity (Wildman–Crippen MR) is 91.8 cm³/mol. The van der Waals surface area contributed by atoms with Crippen LogP contribution in [0, 0.1) is 0 Å². The number of benzene rings is 2. The highest BCUT2D eigenvalue weighted by Crippen LogP contribution is 2.40. The van der Waals surface area contributed by atoms with Crippen LogP contribution in [0.5, 0.6) is 11.5 Å². The molecule has 1 amide bonds. The molecule has 1 atom stereocenters. The van der Waals surface area contributed by atoms with Gasteiger partial charge in [-0.2, -0.15) is 0 Å². The van der Waals surface area contributed by atoms with Crippen molar-refractivity contribution in [2.45, 2.75) is 25.3 Å². The lowest BCUT2D eigenvalue weighted by Gasteiger charge is -2.25.